The predicted octanol–water partition coefficient (Wildman–Crippen LogP) is 1.81. The molecule has 0 radical (unpaired) electrons. The third kappa shape index (κ3) is 4.57. The zero-order valence-corrected chi connectivity index (χ0v) is 13.2. The zero-order chi connectivity index (χ0) is 15.5. The summed E-state index contributed by atoms with van der Waals surface area (Å²) in [5.41, 5.74) is 1.52. The number of nitrogens with one attached hydrogen (secondary N) is 1. The summed E-state index contributed by atoms with van der Waals surface area (Å²) in [5, 5.41) is 8.70. The molecule has 2 rings (SSSR count). The van der Waals surface area contributed by atoms with Gasteiger partial charge < -0.3 is 5.11 Å². The van der Waals surface area contributed by atoms with Crippen molar-refractivity contribution >= 4 is 10.0 Å². The summed E-state index contributed by atoms with van der Waals surface area (Å²) in [5.74, 6) is 6.05. The Morgan fingerprint density at radius 1 is 1.43 bits per heavy atom. The Kier molecular flexibility index (Phi) is 5.04. The van der Waals surface area contributed by atoms with Crippen LogP contribution in [0.4, 0.5) is 0 Å². The highest BCUT2D eigenvalue weighted by atomic mass is 32.2. The smallest absolute Gasteiger partial charge is 0.240 e. The summed E-state index contributed by atoms with van der Waals surface area (Å²) in [6, 6.07) is 4.81. The van der Waals surface area contributed by atoms with Gasteiger partial charge in [-0.15, -0.1) is 0 Å². The molecular weight excluding hydrogens is 286 g/mol. The van der Waals surface area contributed by atoms with Crippen LogP contribution in [-0.2, 0) is 10.0 Å². The first kappa shape index (κ1) is 16.0. The average molecular weight is 307 g/mol. The summed E-state index contributed by atoms with van der Waals surface area (Å²) < 4.78 is 27.4. The molecule has 1 fully saturated rings. The quantitative estimate of drug-likeness (QED) is 0.815. The van der Waals surface area contributed by atoms with Gasteiger partial charge in [-0.3, -0.25) is 0 Å². The molecule has 0 saturated heterocycles. The fourth-order valence-electron chi connectivity index (χ4n) is 2.31. The number of hydrogen-bond acceptors (Lipinski definition) is 3. The van der Waals surface area contributed by atoms with Crippen molar-refractivity contribution in [3.63, 3.8) is 0 Å². The van der Waals surface area contributed by atoms with Crippen LogP contribution in [0.3, 0.4) is 0 Å². The second-order valence-corrected chi connectivity index (χ2v) is 7.35. The number of sulfonamides is 1. The monoisotopic (exact) mass is 307 g/mol. The predicted molar refractivity (Wildman–Crippen MR) is 82.3 cm³/mol. The summed E-state index contributed by atoms with van der Waals surface area (Å²) in [6.45, 7) is 3.51. The molecule has 1 saturated carbocycles. The molecule has 4 nitrogen and oxygen atoms in total. The molecular formula is C16H21NO3S. The van der Waals surface area contributed by atoms with Crippen LogP contribution in [0.2, 0.25) is 0 Å². The minimum atomic E-state index is -3.48. The molecule has 5 heteroatoms. The molecule has 1 aliphatic carbocycles. The van der Waals surface area contributed by atoms with Crippen molar-refractivity contribution in [1.82, 2.24) is 4.72 Å². The number of aliphatic hydroxyl groups is 1. The van der Waals surface area contributed by atoms with E-state index in [1.807, 2.05) is 13.8 Å². The topological polar surface area (TPSA) is 66.4 Å². The summed E-state index contributed by atoms with van der Waals surface area (Å²) >= 11 is 0. The van der Waals surface area contributed by atoms with Crippen LogP contribution < -0.4 is 4.72 Å². The molecule has 114 valence electrons. The molecule has 1 aromatic rings. The Hall–Kier alpha value is -1.35. The Morgan fingerprint density at radius 3 is 2.71 bits per heavy atom. The van der Waals surface area contributed by atoms with Gasteiger partial charge in [0.2, 0.25) is 10.0 Å². The molecule has 1 atom stereocenters. The molecule has 1 aliphatic rings. The molecule has 0 bridgehead atoms. The van der Waals surface area contributed by atoms with Gasteiger partial charge >= 0.3 is 0 Å². The maximum Gasteiger partial charge on any atom is 0.240 e. The molecule has 1 aromatic carbocycles. The van der Waals surface area contributed by atoms with Gasteiger partial charge in [0.1, 0.15) is 6.61 Å². The van der Waals surface area contributed by atoms with E-state index in [0.29, 0.717) is 5.92 Å². The molecule has 21 heavy (non-hydrogen) atoms. The Bertz CT molecular complexity index is 666. The van der Waals surface area contributed by atoms with Crippen LogP contribution in [0.25, 0.3) is 0 Å². The van der Waals surface area contributed by atoms with Crippen molar-refractivity contribution in [2.45, 2.75) is 44.0 Å². The van der Waals surface area contributed by atoms with Gasteiger partial charge in [-0.05, 0) is 49.9 Å². The number of aliphatic hydroxyl groups excluding tert-OH is 1. The van der Waals surface area contributed by atoms with E-state index in [1.165, 1.54) is 12.8 Å². The molecule has 1 unspecified atom stereocenters. The molecule has 0 heterocycles. The SMILES string of the molecule is Cc1cc(S(=O)(=O)NC(C)CC2CC2)ccc1C#CCO. The van der Waals surface area contributed by atoms with Crippen molar-refractivity contribution in [2.75, 3.05) is 6.61 Å². The van der Waals surface area contributed by atoms with Crippen molar-refractivity contribution in [2.24, 2.45) is 5.92 Å². The molecule has 0 spiro atoms. The van der Waals surface area contributed by atoms with Crippen molar-refractivity contribution in [3.05, 3.63) is 29.3 Å². The van der Waals surface area contributed by atoms with Crippen molar-refractivity contribution in [1.29, 1.82) is 0 Å². The second-order valence-electron chi connectivity index (χ2n) is 5.64. The van der Waals surface area contributed by atoms with Crippen LogP contribution >= 0.6 is 0 Å². The van der Waals surface area contributed by atoms with E-state index in [1.54, 1.807) is 18.2 Å². The number of benzene rings is 1. The highest BCUT2D eigenvalue weighted by Crippen LogP contribution is 2.33. The van der Waals surface area contributed by atoms with Crippen LogP contribution in [0.15, 0.2) is 23.1 Å². The largest absolute Gasteiger partial charge is 0.384 e. The van der Waals surface area contributed by atoms with Gasteiger partial charge in [-0.2, -0.15) is 0 Å². The molecule has 0 aliphatic heterocycles. The van der Waals surface area contributed by atoms with Gasteiger partial charge in [0.05, 0.1) is 4.90 Å². The van der Waals surface area contributed by atoms with Gasteiger partial charge in [0.25, 0.3) is 0 Å². The fourth-order valence-corrected chi connectivity index (χ4v) is 3.65. The van der Waals surface area contributed by atoms with E-state index in [2.05, 4.69) is 16.6 Å². The van der Waals surface area contributed by atoms with Gasteiger partial charge in [0, 0.05) is 11.6 Å². The van der Waals surface area contributed by atoms with E-state index in [4.69, 9.17) is 5.11 Å². The number of aryl methyl sites for hydroxylation is 1. The summed E-state index contributed by atoms with van der Waals surface area (Å²) in [6.07, 6.45) is 3.32. The minimum Gasteiger partial charge on any atom is -0.384 e. The second kappa shape index (κ2) is 6.61. The highest BCUT2D eigenvalue weighted by Gasteiger charge is 2.26. The van der Waals surface area contributed by atoms with Gasteiger partial charge in [-0.1, -0.05) is 24.7 Å². The van der Waals surface area contributed by atoms with Crippen LogP contribution in [0, 0.1) is 24.7 Å². The lowest BCUT2D eigenvalue weighted by Crippen LogP contribution is -2.33. The normalized spacial score (nSPS) is 16.1. The van der Waals surface area contributed by atoms with Crippen LogP contribution in [0.1, 0.15) is 37.3 Å². The molecule has 0 amide bonds. The lowest BCUT2D eigenvalue weighted by molar-refractivity contribution is 0.350. The lowest BCUT2D eigenvalue weighted by atomic mass is 10.1. The Balaban J connectivity index is 2.13. The molecule has 2 N–H and O–H groups in total. The van der Waals surface area contributed by atoms with Gasteiger partial charge in [0.15, 0.2) is 0 Å². The van der Waals surface area contributed by atoms with E-state index in [0.717, 1.165) is 17.5 Å². The third-order valence-electron chi connectivity index (χ3n) is 3.55. The van der Waals surface area contributed by atoms with Crippen LogP contribution in [-0.4, -0.2) is 26.2 Å². The van der Waals surface area contributed by atoms with E-state index >= 15 is 0 Å². The third-order valence-corrected chi connectivity index (χ3v) is 5.14. The highest BCUT2D eigenvalue weighted by molar-refractivity contribution is 7.89. The number of hydrogen-bond donors (Lipinski definition) is 2. The summed E-state index contributed by atoms with van der Waals surface area (Å²) in [4.78, 5) is 0.261. The van der Waals surface area contributed by atoms with Crippen molar-refractivity contribution < 1.29 is 13.5 Å². The maximum absolute atomic E-state index is 12.3. The van der Waals surface area contributed by atoms with E-state index in [-0.39, 0.29) is 17.5 Å². The Labute approximate surface area is 126 Å². The zero-order valence-electron chi connectivity index (χ0n) is 12.4. The Morgan fingerprint density at radius 2 is 2.14 bits per heavy atom. The van der Waals surface area contributed by atoms with Crippen molar-refractivity contribution in [3.8, 4) is 11.8 Å². The first-order valence-corrected chi connectivity index (χ1v) is 8.63. The van der Waals surface area contributed by atoms with E-state index < -0.39 is 10.0 Å². The first-order chi connectivity index (χ1) is 9.92. The fraction of sp³-hybridized carbons (Fsp3) is 0.500. The van der Waals surface area contributed by atoms with E-state index in [9.17, 15) is 8.42 Å². The average Bonchev–Trinajstić information content (AvgIpc) is 3.20. The minimum absolute atomic E-state index is 0.0448. The number of rotatable bonds is 5. The first-order valence-electron chi connectivity index (χ1n) is 7.15. The summed E-state index contributed by atoms with van der Waals surface area (Å²) in [7, 11) is -3.48. The lowest BCUT2D eigenvalue weighted by Gasteiger charge is -2.14. The van der Waals surface area contributed by atoms with Crippen LogP contribution in [0.5, 0.6) is 0 Å². The maximum atomic E-state index is 12.3. The molecule has 0 aromatic heterocycles. The standard InChI is InChI=1S/C16H21NO3S/c1-12-10-16(8-7-15(12)4-3-9-18)21(19,20)17-13(2)11-14-5-6-14/h7-8,10,13-14,17-18H,5-6,9,11H2,1-2H3. The van der Waals surface area contributed by atoms with Gasteiger partial charge in [-0.25, -0.2) is 13.1 Å².